The second-order valence-electron chi connectivity index (χ2n) is 9.57. The van der Waals surface area contributed by atoms with E-state index in [9.17, 15) is 9.18 Å². The molecular formula is C26H32FN5O. The zero-order valence-corrected chi connectivity index (χ0v) is 19.5. The highest BCUT2D eigenvalue weighted by Crippen LogP contribution is 2.29. The Morgan fingerprint density at radius 3 is 2.76 bits per heavy atom. The van der Waals surface area contributed by atoms with Crippen molar-refractivity contribution in [3.8, 4) is 0 Å². The Balaban J connectivity index is 1.31. The van der Waals surface area contributed by atoms with E-state index in [1.165, 1.54) is 12.5 Å². The van der Waals surface area contributed by atoms with E-state index in [0.717, 1.165) is 92.1 Å². The van der Waals surface area contributed by atoms with Crippen LogP contribution in [0.15, 0.2) is 24.4 Å². The monoisotopic (exact) mass is 449 g/mol. The number of hydrogen-bond acceptors (Lipinski definition) is 4. The van der Waals surface area contributed by atoms with Crippen LogP contribution in [0.25, 0.3) is 10.9 Å². The van der Waals surface area contributed by atoms with Crippen LogP contribution in [0, 0.1) is 19.7 Å². The summed E-state index contributed by atoms with van der Waals surface area (Å²) in [6, 6.07) is 4.93. The van der Waals surface area contributed by atoms with Crippen molar-refractivity contribution in [2.24, 2.45) is 0 Å². The maximum atomic E-state index is 13.9. The second kappa shape index (κ2) is 9.21. The minimum absolute atomic E-state index is 0.0612. The maximum Gasteiger partial charge on any atom is 0.257 e. The molecule has 5 rings (SSSR count). The van der Waals surface area contributed by atoms with E-state index in [-0.39, 0.29) is 17.6 Å². The van der Waals surface area contributed by atoms with Gasteiger partial charge in [0.2, 0.25) is 0 Å². The lowest BCUT2D eigenvalue weighted by molar-refractivity contribution is 0.0722. The summed E-state index contributed by atoms with van der Waals surface area (Å²) in [5, 5.41) is 0.960. The smallest absolute Gasteiger partial charge is 0.257 e. The number of rotatable bonds is 4. The third-order valence-electron chi connectivity index (χ3n) is 7.21. The quantitative estimate of drug-likeness (QED) is 0.626. The Kier molecular flexibility index (Phi) is 6.15. The van der Waals surface area contributed by atoms with Gasteiger partial charge in [0.05, 0.1) is 11.3 Å². The SMILES string of the molecule is Cc1nc(C2CCCN(Cc3c(C)[nH]c4ccc(F)cc34)C2)ncc1C(=O)N1CCCCC1. The Labute approximate surface area is 194 Å². The number of H-pyrrole nitrogens is 1. The summed E-state index contributed by atoms with van der Waals surface area (Å²) < 4.78 is 13.9. The Morgan fingerprint density at radius 2 is 1.97 bits per heavy atom. The molecule has 4 heterocycles. The van der Waals surface area contributed by atoms with E-state index in [4.69, 9.17) is 4.98 Å². The lowest BCUT2D eigenvalue weighted by Crippen LogP contribution is -2.37. The molecule has 2 saturated heterocycles. The molecule has 1 N–H and O–H groups in total. The van der Waals surface area contributed by atoms with E-state index in [2.05, 4.69) is 21.8 Å². The lowest BCUT2D eigenvalue weighted by Gasteiger charge is -2.32. The zero-order chi connectivity index (χ0) is 22.9. The van der Waals surface area contributed by atoms with Gasteiger partial charge in [-0.2, -0.15) is 0 Å². The van der Waals surface area contributed by atoms with Gasteiger partial charge in [-0.15, -0.1) is 0 Å². The van der Waals surface area contributed by atoms with Gasteiger partial charge in [-0.3, -0.25) is 9.69 Å². The molecule has 2 fully saturated rings. The molecule has 2 aliphatic heterocycles. The van der Waals surface area contributed by atoms with Crippen molar-refractivity contribution in [1.82, 2.24) is 24.8 Å². The second-order valence-corrected chi connectivity index (χ2v) is 9.57. The van der Waals surface area contributed by atoms with E-state index >= 15 is 0 Å². The van der Waals surface area contributed by atoms with Crippen LogP contribution in [-0.2, 0) is 6.54 Å². The average molecular weight is 450 g/mol. The summed E-state index contributed by atoms with van der Waals surface area (Å²) in [5.41, 5.74) is 4.63. The molecule has 6 nitrogen and oxygen atoms in total. The number of aryl methyl sites for hydroxylation is 2. The molecule has 33 heavy (non-hydrogen) atoms. The van der Waals surface area contributed by atoms with Gasteiger partial charge in [0, 0.05) is 54.9 Å². The fourth-order valence-electron chi connectivity index (χ4n) is 5.35. The van der Waals surface area contributed by atoms with Crippen LogP contribution >= 0.6 is 0 Å². The fourth-order valence-corrected chi connectivity index (χ4v) is 5.35. The van der Waals surface area contributed by atoms with Crippen molar-refractivity contribution in [1.29, 1.82) is 0 Å². The van der Waals surface area contributed by atoms with Crippen LogP contribution in [0.5, 0.6) is 0 Å². The minimum Gasteiger partial charge on any atom is -0.358 e. The molecule has 0 radical (unpaired) electrons. The number of benzene rings is 1. The lowest BCUT2D eigenvalue weighted by atomic mass is 9.96. The molecule has 1 unspecified atom stereocenters. The Hall–Kier alpha value is -2.80. The predicted molar refractivity (Wildman–Crippen MR) is 127 cm³/mol. The van der Waals surface area contributed by atoms with Crippen LogP contribution in [0.2, 0.25) is 0 Å². The number of nitrogens with zero attached hydrogens (tertiary/aromatic N) is 4. The number of aromatic nitrogens is 3. The summed E-state index contributed by atoms with van der Waals surface area (Å²) >= 11 is 0. The van der Waals surface area contributed by atoms with Gasteiger partial charge in [0.1, 0.15) is 11.6 Å². The minimum atomic E-state index is -0.206. The van der Waals surface area contributed by atoms with Gasteiger partial charge < -0.3 is 9.88 Å². The van der Waals surface area contributed by atoms with E-state index < -0.39 is 0 Å². The largest absolute Gasteiger partial charge is 0.358 e. The van der Waals surface area contributed by atoms with Crippen LogP contribution in [0.3, 0.4) is 0 Å². The summed E-state index contributed by atoms with van der Waals surface area (Å²) in [5.74, 6) is 0.918. The number of halogens is 1. The standard InChI is InChI=1S/C26H32FN5O/c1-17-22(26(33)32-11-4-3-5-12-32)14-28-25(30-17)19-7-6-10-31(15-19)16-23-18(2)29-24-9-8-20(27)13-21(23)24/h8-9,13-14,19,29H,3-7,10-12,15-16H2,1-2H3. The van der Waals surface area contributed by atoms with E-state index in [1.54, 1.807) is 12.3 Å². The molecular weight excluding hydrogens is 417 g/mol. The third kappa shape index (κ3) is 4.51. The number of fused-ring (bicyclic) bond motifs is 1. The molecule has 1 amide bonds. The van der Waals surface area contributed by atoms with Crippen LogP contribution in [0.1, 0.15) is 71.2 Å². The first-order chi connectivity index (χ1) is 16.0. The van der Waals surface area contributed by atoms with Gasteiger partial charge in [0.25, 0.3) is 5.91 Å². The van der Waals surface area contributed by atoms with E-state index in [0.29, 0.717) is 5.56 Å². The highest BCUT2D eigenvalue weighted by atomic mass is 19.1. The fraction of sp³-hybridized carbons (Fsp3) is 0.500. The molecule has 1 aromatic carbocycles. The average Bonchev–Trinajstić information content (AvgIpc) is 3.13. The molecule has 0 aliphatic carbocycles. The van der Waals surface area contributed by atoms with Gasteiger partial charge in [-0.1, -0.05) is 0 Å². The number of carbonyl (C=O) groups excluding carboxylic acids is 1. The molecule has 2 aromatic heterocycles. The Bertz CT molecular complexity index is 1170. The molecule has 0 saturated carbocycles. The summed E-state index contributed by atoms with van der Waals surface area (Å²) in [7, 11) is 0. The summed E-state index contributed by atoms with van der Waals surface area (Å²) in [6.07, 6.45) is 7.19. The van der Waals surface area contributed by atoms with Crippen molar-refractivity contribution >= 4 is 16.8 Å². The topological polar surface area (TPSA) is 65.1 Å². The number of nitrogens with one attached hydrogen (secondary N) is 1. The van der Waals surface area contributed by atoms with Gasteiger partial charge >= 0.3 is 0 Å². The number of amides is 1. The zero-order valence-electron chi connectivity index (χ0n) is 19.5. The molecule has 174 valence electrons. The highest BCUT2D eigenvalue weighted by Gasteiger charge is 2.27. The van der Waals surface area contributed by atoms with Crippen LogP contribution in [-0.4, -0.2) is 56.8 Å². The maximum absolute atomic E-state index is 13.9. The van der Waals surface area contributed by atoms with Crippen molar-refractivity contribution in [2.75, 3.05) is 26.2 Å². The highest BCUT2D eigenvalue weighted by molar-refractivity contribution is 5.95. The van der Waals surface area contributed by atoms with Crippen molar-refractivity contribution in [3.63, 3.8) is 0 Å². The molecule has 2 aliphatic rings. The number of likely N-dealkylation sites (tertiary alicyclic amines) is 2. The normalized spacial score (nSPS) is 19.8. The summed E-state index contributed by atoms with van der Waals surface area (Å²) in [6.45, 7) is 8.27. The van der Waals surface area contributed by atoms with Crippen molar-refractivity contribution in [3.05, 3.63) is 58.6 Å². The first kappa shape index (κ1) is 22.0. The number of aromatic amines is 1. The molecule has 7 heteroatoms. The van der Waals surface area contributed by atoms with E-state index in [1.807, 2.05) is 17.9 Å². The van der Waals surface area contributed by atoms with Crippen molar-refractivity contribution < 1.29 is 9.18 Å². The summed E-state index contributed by atoms with van der Waals surface area (Å²) in [4.78, 5) is 30.1. The predicted octanol–water partition coefficient (Wildman–Crippen LogP) is 4.72. The van der Waals surface area contributed by atoms with Crippen LogP contribution in [0.4, 0.5) is 4.39 Å². The first-order valence-electron chi connectivity index (χ1n) is 12.1. The first-order valence-corrected chi connectivity index (χ1v) is 12.1. The van der Waals surface area contributed by atoms with Gasteiger partial charge in [-0.05, 0) is 76.3 Å². The molecule has 1 atom stereocenters. The molecule has 3 aromatic rings. The Morgan fingerprint density at radius 1 is 1.15 bits per heavy atom. The number of piperidine rings is 2. The number of carbonyl (C=O) groups is 1. The van der Waals surface area contributed by atoms with Crippen molar-refractivity contribution in [2.45, 2.75) is 58.4 Å². The third-order valence-corrected chi connectivity index (χ3v) is 7.21. The number of hydrogen-bond donors (Lipinski definition) is 1. The molecule has 0 spiro atoms. The van der Waals surface area contributed by atoms with Gasteiger partial charge in [0.15, 0.2) is 0 Å². The van der Waals surface area contributed by atoms with Crippen LogP contribution < -0.4 is 0 Å². The molecule has 0 bridgehead atoms. The van der Waals surface area contributed by atoms with Gasteiger partial charge in [-0.25, -0.2) is 14.4 Å².